The fraction of sp³-hybridized carbons (Fsp3) is 0. The van der Waals surface area contributed by atoms with E-state index in [1.807, 2.05) is 12.1 Å². The summed E-state index contributed by atoms with van der Waals surface area (Å²) in [5.41, 5.74) is 3.30. The van der Waals surface area contributed by atoms with Gasteiger partial charge in [-0.15, -0.1) is 0 Å². The summed E-state index contributed by atoms with van der Waals surface area (Å²) >= 11 is 10.1. The van der Waals surface area contributed by atoms with Gasteiger partial charge in [0, 0.05) is 10.7 Å². The molecule has 10 heavy (non-hydrogen) atoms. The highest BCUT2D eigenvalue weighted by Gasteiger charge is 1.87. The van der Waals surface area contributed by atoms with Crippen LogP contribution in [-0.2, 0) is 0 Å². The van der Waals surface area contributed by atoms with E-state index < -0.39 is 0 Å². The Morgan fingerprint density at radius 2 is 1.90 bits per heavy atom. The lowest BCUT2D eigenvalue weighted by Gasteiger charge is -1.96. The van der Waals surface area contributed by atoms with Crippen LogP contribution < -0.4 is 5.32 Å². The molecule has 1 aromatic rings. The molecule has 0 heterocycles. The van der Waals surface area contributed by atoms with E-state index in [2.05, 4.69) is 23.0 Å². The molecule has 0 aliphatic rings. The van der Waals surface area contributed by atoms with Crippen molar-refractivity contribution in [1.29, 1.82) is 0 Å². The number of thiocarbonyl (C=S) groups is 1. The second kappa shape index (κ2) is 3.54. The highest BCUT2D eigenvalue weighted by atomic mass is 35.5. The zero-order valence-electron chi connectivity index (χ0n) is 5.10. The second-order valence-electron chi connectivity index (χ2n) is 1.73. The van der Waals surface area contributed by atoms with Crippen LogP contribution in [0.4, 0.5) is 5.69 Å². The highest BCUT2D eigenvalue weighted by Crippen LogP contribution is 2.12. The van der Waals surface area contributed by atoms with Crippen LogP contribution in [0.25, 0.3) is 0 Å². The number of benzene rings is 1. The molecule has 0 amide bonds. The maximum atomic E-state index is 5.64. The first-order valence-corrected chi connectivity index (χ1v) is 3.50. The summed E-state index contributed by atoms with van der Waals surface area (Å²) in [6.45, 7) is 0. The summed E-state index contributed by atoms with van der Waals surface area (Å²) in [6, 6.07) is 7.25. The van der Waals surface area contributed by atoms with Crippen molar-refractivity contribution in [3.8, 4) is 0 Å². The van der Waals surface area contributed by atoms with E-state index in [0.29, 0.717) is 0 Å². The molecular formula is C7H5ClNS. The van der Waals surface area contributed by atoms with Crippen molar-refractivity contribution in [1.82, 2.24) is 0 Å². The number of anilines is 1. The molecule has 3 heteroatoms. The Balaban J connectivity index is 2.78. The number of hydrogen-bond donors (Lipinski definition) is 1. The molecule has 51 valence electrons. The first-order chi connectivity index (χ1) is 4.83. The number of rotatable bonds is 2. The van der Waals surface area contributed by atoms with Gasteiger partial charge in [0.05, 0.1) is 0 Å². The molecule has 0 saturated carbocycles. The maximum absolute atomic E-state index is 5.64. The first-order valence-electron chi connectivity index (χ1n) is 2.71. The van der Waals surface area contributed by atoms with Crippen LogP contribution in [0.1, 0.15) is 0 Å². The zero-order valence-corrected chi connectivity index (χ0v) is 6.67. The third-order valence-electron chi connectivity index (χ3n) is 1.04. The van der Waals surface area contributed by atoms with Crippen LogP contribution >= 0.6 is 23.8 Å². The number of nitrogens with one attached hydrogen (secondary N) is 1. The Morgan fingerprint density at radius 1 is 1.30 bits per heavy atom. The lowest BCUT2D eigenvalue weighted by Crippen LogP contribution is -1.89. The van der Waals surface area contributed by atoms with Crippen molar-refractivity contribution < 1.29 is 0 Å². The summed E-state index contributed by atoms with van der Waals surface area (Å²) in [5, 5.41) is 3.46. The molecule has 1 rings (SSSR count). The van der Waals surface area contributed by atoms with Crippen molar-refractivity contribution in [2.75, 3.05) is 5.32 Å². The third kappa shape index (κ3) is 1.97. The normalized spacial score (nSPS) is 8.90. The minimum Gasteiger partial charge on any atom is -0.344 e. The van der Waals surface area contributed by atoms with Crippen LogP contribution in [0.3, 0.4) is 0 Å². The van der Waals surface area contributed by atoms with Crippen LogP contribution in [-0.4, -0.2) is 5.49 Å². The van der Waals surface area contributed by atoms with Crippen molar-refractivity contribution >= 4 is 35.0 Å². The van der Waals surface area contributed by atoms with Gasteiger partial charge in [-0.05, 0) is 24.3 Å². The molecule has 0 saturated heterocycles. The monoisotopic (exact) mass is 170 g/mol. The second-order valence-corrected chi connectivity index (χ2v) is 2.37. The van der Waals surface area contributed by atoms with Crippen LogP contribution in [0.5, 0.6) is 0 Å². The summed E-state index contributed by atoms with van der Waals surface area (Å²) in [7, 11) is 0. The Kier molecular flexibility index (Phi) is 2.66. The van der Waals surface area contributed by atoms with E-state index in [4.69, 9.17) is 11.6 Å². The van der Waals surface area contributed by atoms with E-state index in [-0.39, 0.29) is 0 Å². The summed E-state index contributed by atoms with van der Waals surface area (Å²) in [4.78, 5) is 0. The topological polar surface area (TPSA) is 12.0 Å². The zero-order chi connectivity index (χ0) is 7.40. The van der Waals surface area contributed by atoms with Crippen LogP contribution in [0, 0.1) is 0 Å². The van der Waals surface area contributed by atoms with Gasteiger partial charge in [0.1, 0.15) is 5.49 Å². The van der Waals surface area contributed by atoms with Gasteiger partial charge < -0.3 is 5.32 Å². The quantitative estimate of drug-likeness (QED) is 0.541. The molecule has 0 aromatic heterocycles. The number of halogens is 1. The molecule has 1 N–H and O–H groups in total. The molecule has 1 aromatic carbocycles. The summed E-state index contributed by atoms with van der Waals surface area (Å²) in [5.74, 6) is 0. The molecule has 0 unspecified atom stereocenters. The average Bonchev–Trinajstić information content (AvgIpc) is 1.95. The minimum absolute atomic E-state index is 0.718. The molecule has 0 spiro atoms. The molecule has 0 fully saturated rings. The molecular weight excluding hydrogens is 166 g/mol. The first kappa shape index (κ1) is 7.51. The van der Waals surface area contributed by atoms with E-state index in [1.165, 1.54) is 0 Å². The summed E-state index contributed by atoms with van der Waals surface area (Å²) in [6.07, 6.45) is 0. The largest absolute Gasteiger partial charge is 0.344 e. The highest BCUT2D eigenvalue weighted by molar-refractivity contribution is 7.79. The molecule has 0 aliphatic heterocycles. The fourth-order valence-electron chi connectivity index (χ4n) is 0.592. The third-order valence-corrected chi connectivity index (χ3v) is 1.39. The number of hydrogen-bond acceptors (Lipinski definition) is 1. The SMILES string of the molecule is S=[C]Nc1ccc(Cl)cc1. The van der Waals surface area contributed by atoms with E-state index >= 15 is 0 Å². The van der Waals surface area contributed by atoms with Crippen molar-refractivity contribution in [3.05, 3.63) is 29.3 Å². The van der Waals surface area contributed by atoms with Crippen molar-refractivity contribution in [2.45, 2.75) is 0 Å². The van der Waals surface area contributed by atoms with Gasteiger partial charge in [-0.25, -0.2) is 0 Å². The van der Waals surface area contributed by atoms with E-state index in [1.54, 1.807) is 12.1 Å². The van der Waals surface area contributed by atoms with E-state index in [9.17, 15) is 0 Å². The minimum atomic E-state index is 0.718. The molecule has 0 bridgehead atoms. The van der Waals surface area contributed by atoms with Gasteiger partial charge in [0.2, 0.25) is 0 Å². The predicted molar refractivity (Wildman–Crippen MR) is 47.7 cm³/mol. The van der Waals surface area contributed by atoms with Gasteiger partial charge in [-0.1, -0.05) is 23.8 Å². The smallest absolute Gasteiger partial charge is 0.138 e. The Bertz CT molecular complexity index is 220. The standard InChI is InChI=1S/C7H5ClNS/c8-6-1-3-7(4-2-6)9-5-10/h1-4H,(H,9,10). The summed E-state index contributed by atoms with van der Waals surface area (Å²) < 4.78 is 0. The van der Waals surface area contributed by atoms with Gasteiger partial charge in [-0.2, -0.15) is 0 Å². The van der Waals surface area contributed by atoms with Gasteiger partial charge in [0.15, 0.2) is 0 Å². The van der Waals surface area contributed by atoms with Crippen LogP contribution in [0.15, 0.2) is 24.3 Å². The molecule has 0 atom stereocenters. The molecule has 1 nitrogen and oxygen atoms in total. The molecule has 1 radical (unpaired) electrons. The average molecular weight is 171 g/mol. The van der Waals surface area contributed by atoms with Gasteiger partial charge in [0.25, 0.3) is 0 Å². The molecule has 0 aliphatic carbocycles. The van der Waals surface area contributed by atoms with Gasteiger partial charge >= 0.3 is 0 Å². The Hall–Kier alpha value is -0.600. The maximum Gasteiger partial charge on any atom is 0.138 e. The van der Waals surface area contributed by atoms with Crippen molar-refractivity contribution in [3.63, 3.8) is 0 Å². The lowest BCUT2D eigenvalue weighted by molar-refractivity contribution is 1.67. The fourth-order valence-corrected chi connectivity index (χ4v) is 0.836. The van der Waals surface area contributed by atoms with E-state index in [0.717, 1.165) is 10.7 Å². The predicted octanol–water partition coefficient (Wildman–Crippen LogP) is 2.59. The Morgan fingerprint density at radius 3 is 2.40 bits per heavy atom. The van der Waals surface area contributed by atoms with Gasteiger partial charge in [-0.3, -0.25) is 0 Å². The Labute approximate surface area is 70.0 Å². The van der Waals surface area contributed by atoms with Crippen LogP contribution in [0.2, 0.25) is 5.02 Å². The van der Waals surface area contributed by atoms with Crippen molar-refractivity contribution in [2.24, 2.45) is 0 Å². The lowest BCUT2D eigenvalue weighted by atomic mass is 10.3.